The van der Waals surface area contributed by atoms with E-state index in [9.17, 15) is 4.79 Å². The summed E-state index contributed by atoms with van der Waals surface area (Å²) in [6.07, 6.45) is 0.871. The van der Waals surface area contributed by atoms with Crippen LogP contribution >= 0.6 is 0 Å². The number of likely N-dealkylation sites (tertiary alicyclic amines) is 1. The zero-order valence-electron chi connectivity index (χ0n) is 12.7. The number of nitrogens with zero attached hydrogens (tertiary/aromatic N) is 1. The maximum absolute atomic E-state index is 11.4. The van der Waals surface area contributed by atoms with Crippen LogP contribution in [0.25, 0.3) is 0 Å². The van der Waals surface area contributed by atoms with Gasteiger partial charge in [-0.15, -0.1) is 0 Å². The maximum Gasteiger partial charge on any atom is 0.310 e. The highest BCUT2D eigenvalue weighted by Crippen LogP contribution is 2.19. The normalized spacial score (nSPS) is 18.5. The SMILES string of the molecule is CCOc1ccc(OCCN2CCC(C(=O)OC)C2)cc1. The van der Waals surface area contributed by atoms with Crippen molar-refractivity contribution < 1.29 is 19.0 Å². The summed E-state index contributed by atoms with van der Waals surface area (Å²) in [5.41, 5.74) is 0. The fourth-order valence-corrected chi connectivity index (χ4v) is 2.49. The molecular formula is C16H23NO4. The van der Waals surface area contributed by atoms with Gasteiger partial charge in [0.05, 0.1) is 19.6 Å². The van der Waals surface area contributed by atoms with Crippen molar-refractivity contribution in [2.75, 3.05) is 40.0 Å². The van der Waals surface area contributed by atoms with E-state index in [4.69, 9.17) is 14.2 Å². The minimum absolute atomic E-state index is 0.0143. The van der Waals surface area contributed by atoms with Gasteiger partial charge in [0.15, 0.2) is 0 Å². The summed E-state index contributed by atoms with van der Waals surface area (Å²) >= 11 is 0. The molecule has 0 N–H and O–H groups in total. The van der Waals surface area contributed by atoms with Crippen molar-refractivity contribution >= 4 is 5.97 Å². The van der Waals surface area contributed by atoms with E-state index in [0.717, 1.165) is 37.6 Å². The molecule has 0 aliphatic carbocycles. The average Bonchev–Trinajstić information content (AvgIpc) is 2.97. The first-order valence-electron chi connectivity index (χ1n) is 7.38. The Morgan fingerprint density at radius 3 is 2.52 bits per heavy atom. The van der Waals surface area contributed by atoms with E-state index < -0.39 is 0 Å². The van der Waals surface area contributed by atoms with Gasteiger partial charge in [-0.25, -0.2) is 0 Å². The first kappa shape index (κ1) is 15.6. The second-order valence-corrected chi connectivity index (χ2v) is 5.06. The molecule has 5 nitrogen and oxygen atoms in total. The highest BCUT2D eigenvalue weighted by atomic mass is 16.5. The Bertz CT molecular complexity index is 446. The van der Waals surface area contributed by atoms with Crippen LogP contribution in [0.4, 0.5) is 0 Å². The topological polar surface area (TPSA) is 48.0 Å². The third-order valence-corrected chi connectivity index (χ3v) is 3.62. The number of ether oxygens (including phenoxy) is 3. The highest BCUT2D eigenvalue weighted by Gasteiger charge is 2.28. The van der Waals surface area contributed by atoms with Gasteiger partial charge in [0.25, 0.3) is 0 Å². The van der Waals surface area contributed by atoms with Gasteiger partial charge < -0.3 is 14.2 Å². The molecule has 1 unspecified atom stereocenters. The van der Waals surface area contributed by atoms with E-state index in [-0.39, 0.29) is 11.9 Å². The predicted octanol–water partition coefficient (Wildman–Crippen LogP) is 1.96. The zero-order valence-corrected chi connectivity index (χ0v) is 12.7. The van der Waals surface area contributed by atoms with E-state index in [2.05, 4.69) is 4.90 Å². The number of methoxy groups -OCH3 is 1. The van der Waals surface area contributed by atoms with Crippen LogP contribution in [-0.4, -0.2) is 50.8 Å². The number of carbonyl (C=O) groups excluding carboxylic acids is 1. The van der Waals surface area contributed by atoms with E-state index in [0.29, 0.717) is 13.2 Å². The molecule has 0 bridgehead atoms. The molecule has 0 saturated carbocycles. The van der Waals surface area contributed by atoms with Crippen molar-refractivity contribution in [3.05, 3.63) is 24.3 Å². The average molecular weight is 293 g/mol. The van der Waals surface area contributed by atoms with Gasteiger partial charge in [0.1, 0.15) is 18.1 Å². The van der Waals surface area contributed by atoms with Crippen molar-refractivity contribution in [1.82, 2.24) is 4.90 Å². The molecule has 1 fully saturated rings. The standard InChI is InChI=1S/C16H23NO4/c1-3-20-14-4-6-15(7-5-14)21-11-10-17-9-8-13(12-17)16(18)19-2/h4-7,13H,3,8-12H2,1-2H3. The molecule has 1 atom stereocenters. The molecule has 1 aliphatic rings. The van der Waals surface area contributed by atoms with E-state index >= 15 is 0 Å². The van der Waals surface area contributed by atoms with Gasteiger partial charge >= 0.3 is 5.97 Å². The Morgan fingerprint density at radius 2 is 1.90 bits per heavy atom. The summed E-state index contributed by atoms with van der Waals surface area (Å²) < 4.78 is 15.9. The number of hydrogen-bond acceptors (Lipinski definition) is 5. The smallest absolute Gasteiger partial charge is 0.310 e. The number of esters is 1. The first-order valence-corrected chi connectivity index (χ1v) is 7.38. The molecule has 1 aromatic rings. The molecule has 1 saturated heterocycles. The van der Waals surface area contributed by atoms with E-state index in [1.54, 1.807) is 0 Å². The summed E-state index contributed by atoms with van der Waals surface area (Å²) in [6, 6.07) is 7.63. The number of rotatable bonds is 7. The number of hydrogen-bond donors (Lipinski definition) is 0. The fraction of sp³-hybridized carbons (Fsp3) is 0.562. The minimum Gasteiger partial charge on any atom is -0.494 e. The lowest BCUT2D eigenvalue weighted by atomic mass is 10.1. The molecule has 116 valence electrons. The van der Waals surface area contributed by atoms with Gasteiger partial charge in [-0.05, 0) is 44.2 Å². The molecule has 2 rings (SSSR count). The molecule has 0 amide bonds. The second kappa shape index (κ2) is 7.88. The van der Waals surface area contributed by atoms with Crippen LogP contribution in [0, 0.1) is 5.92 Å². The Morgan fingerprint density at radius 1 is 1.24 bits per heavy atom. The largest absolute Gasteiger partial charge is 0.494 e. The Hall–Kier alpha value is -1.75. The molecule has 1 aliphatic heterocycles. The second-order valence-electron chi connectivity index (χ2n) is 5.06. The van der Waals surface area contributed by atoms with Crippen LogP contribution < -0.4 is 9.47 Å². The van der Waals surface area contributed by atoms with Gasteiger partial charge in [0, 0.05) is 13.1 Å². The molecule has 1 heterocycles. The monoisotopic (exact) mass is 293 g/mol. The quantitative estimate of drug-likeness (QED) is 0.719. The van der Waals surface area contributed by atoms with Gasteiger partial charge in [0.2, 0.25) is 0 Å². The summed E-state index contributed by atoms with van der Waals surface area (Å²) in [6.45, 7) is 5.74. The summed E-state index contributed by atoms with van der Waals surface area (Å²) in [4.78, 5) is 13.7. The summed E-state index contributed by atoms with van der Waals surface area (Å²) in [5.74, 6) is 1.60. The Labute approximate surface area is 125 Å². The van der Waals surface area contributed by atoms with Gasteiger partial charge in [-0.2, -0.15) is 0 Å². The Kier molecular flexibility index (Phi) is 5.87. The van der Waals surface area contributed by atoms with E-state index in [1.807, 2.05) is 31.2 Å². The van der Waals surface area contributed by atoms with Crippen LogP contribution in [0.5, 0.6) is 11.5 Å². The molecule has 0 spiro atoms. The van der Waals surface area contributed by atoms with Crippen LogP contribution in [0.1, 0.15) is 13.3 Å². The Balaban J connectivity index is 1.69. The number of carbonyl (C=O) groups is 1. The van der Waals surface area contributed by atoms with Crippen molar-refractivity contribution in [2.45, 2.75) is 13.3 Å². The summed E-state index contributed by atoms with van der Waals surface area (Å²) in [5, 5.41) is 0. The molecule has 5 heteroatoms. The summed E-state index contributed by atoms with van der Waals surface area (Å²) in [7, 11) is 1.44. The van der Waals surface area contributed by atoms with Crippen molar-refractivity contribution in [3.63, 3.8) is 0 Å². The van der Waals surface area contributed by atoms with E-state index in [1.165, 1.54) is 7.11 Å². The maximum atomic E-state index is 11.4. The lowest BCUT2D eigenvalue weighted by molar-refractivity contribution is -0.144. The van der Waals surface area contributed by atoms with Crippen molar-refractivity contribution in [3.8, 4) is 11.5 Å². The van der Waals surface area contributed by atoms with Crippen molar-refractivity contribution in [1.29, 1.82) is 0 Å². The van der Waals surface area contributed by atoms with Gasteiger partial charge in [-0.3, -0.25) is 9.69 Å². The van der Waals surface area contributed by atoms with Crippen LogP contribution in [0.3, 0.4) is 0 Å². The molecular weight excluding hydrogens is 270 g/mol. The lowest BCUT2D eigenvalue weighted by Gasteiger charge is -2.16. The fourth-order valence-electron chi connectivity index (χ4n) is 2.49. The van der Waals surface area contributed by atoms with Crippen LogP contribution in [0.15, 0.2) is 24.3 Å². The predicted molar refractivity (Wildman–Crippen MR) is 79.7 cm³/mol. The first-order chi connectivity index (χ1) is 10.2. The van der Waals surface area contributed by atoms with Crippen LogP contribution in [0.2, 0.25) is 0 Å². The third-order valence-electron chi connectivity index (χ3n) is 3.62. The van der Waals surface area contributed by atoms with Crippen molar-refractivity contribution in [2.24, 2.45) is 5.92 Å². The molecule has 0 aromatic heterocycles. The number of benzene rings is 1. The highest BCUT2D eigenvalue weighted by molar-refractivity contribution is 5.72. The molecule has 1 aromatic carbocycles. The lowest BCUT2D eigenvalue weighted by Crippen LogP contribution is -2.28. The third kappa shape index (κ3) is 4.63. The minimum atomic E-state index is -0.107. The molecule has 21 heavy (non-hydrogen) atoms. The van der Waals surface area contributed by atoms with Gasteiger partial charge in [-0.1, -0.05) is 0 Å². The van der Waals surface area contributed by atoms with Crippen LogP contribution in [-0.2, 0) is 9.53 Å². The zero-order chi connectivity index (χ0) is 15.1. The molecule has 0 radical (unpaired) electrons.